The SMILES string of the molecule is COC(=O)[C@H](Cc1ccccc1)NC(=O)c1cc(C(=O)N[C@@H](Cc2ccccc2)C(=O)OC)cc(C2C=CC=C2)c1. The van der Waals surface area contributed by atoms with Crippen molar-refractivity contribution in [3.63, 3.8) is 0 Å². The normalized spacial score (nSPS) is 13.7. The van der Waals surface area contributed by atoms with Crippen molar-refractivity contribution >= 4 is 23.8 Å². The van der Waals surface area contributed by atoms with Crippen LogP contribution in [-0.4, -0.2) is 50.1 Å². The van der Waals surface area contributed by atoms with Crippen LogP contribution in [0.2, 0.25) is 0 Å². The number of nitrogens with one attached hydrogen (secondary N) is 2. The van der Waals surface area contributed by atoms with E-state index in [9.17, 15) is 19.2 Å². The second-order valence-corrected chi connectivity index (χ2v) is 9.62. The van der Waals surface area contributed by atoms with Gasteiger partial charge in [0.25, 0.3) is 11.8 Å². The van der Waals surface area contributed by atoms with Crippen LogP contribution in [0, 0.1) is 0 Å². The van der Waals surface area contributed by atoms with Crippen molar-refractivity contribution in [2.45, 2.75) is 30.8 Å². The molecule has 2 amide bonds. The van der Waals surface area contributed by atoms with Gasteiger partial charge in [-0.3, -0.25) is 9.59 Å². The largest absolute Gasteiger partial charge is 0.467 e. The van der Waals surface area contributed by atoms with Gasteiger partial charge in [-0.15, -0.1) is 0 Å². The van der Waals surface area contributed by atoms with Crippen molar-refractivity contribution in [2.24, 2.45) is 0 Å². The van der Waals surface area contributed by atoms with Crippen molar-refractivity contribution in [3.05, 3.63) is 131 Å². The molecule has 1 aliphatic carbocycles. The molecule has 3 aromatic rings. The molecule has 41 heavy (non-hydrogen) atoms. The van der Waals surface area contributed by atoms with Crippen molar-refractivity contribution in [3.8, 4) is 0 Å². The Morgan fingerprint density at radius 3 is 1.46 bits per heavy atom. The van der Waals surface area contributed by atoms with Crippen LogP contribution in [-0.2, 0) is 31.9 Å². The van der Waals surface area contributed by atoms with Crippen LogP contribution < -0.4 is 10.6 Å². The summed E-state index contributed by atoms with van der Waals surface area (Å²) >= 11 is 0. The second kappa shape index (κ2) is 13.9. The summed E-state index contributed by atoms with van der Waals surface area (Å²) in [7, 11) is 2.53. The third kappa shape index (κ3) is 7.79. The summed E-state index contributed by atoms with van der Waals surface area (Å²) in [6, 6.07) is 21.5. The van der Waals surface area contributed by atoms with Gasteiger partial charge in [0.2, 0.25) is 0 Å². The Hall–Kier alpha value is -4.98. The Morgan fingerprint density at radius 1 is 0.659 bits per heavy atom. The van der Waals surface area contributed by atoms with E-state index in [1.165, 1.54) is 20.3 Å². The van der Waals surface area contributed by atoms with Gasteiger partial charge in [-0.25, -0.2) is 9.59 Å². The predicted molar refractivity (Wildman–Crippen MR) is 154 cm³/mol. The fraction of sp³-hybridized carbons (Fsp3) is 0.212. The van der Waals surface area contributed by atoms with Crippen LogP contribution in [0.4, 0.5) is 0 Å². The Kier molecular flexibility index (Phi) is 9.83. The van der Waals surface area contributed by atoms with Gasteiger partial charge in [0.15, 0.2) is 0 Å². The molecule has 3 aromatic carbocycles. The molecule has 0 aromatic heterocycles. The average Bonchev–Trinajstić information content (AvgIpc) is 3.55. The topological polar surface area (TPSA) is 111 Å². The highest BCUT2D eigenvalue weighted by Gasteiger charge is 2.26. The highest BCUT2D eigenvalue weighted by Crippen LogP contribution is 2.26. The first kappa shape index (κ1) is 29.0. The molecular weight excluding hydrogens is 520 g/mol. The molecule has 0 saturated carbocycles. The van der Waals surface area contributed by atoms with Crippen LogP contribution >= 0.6 is 0 Å². The van der Waals surface area contributed by atoms with E-state index >= 15 is 0 Å². The molecule has 8 heteroatoms. The molecule has 0 radical (unpaired) electrons. The number of hydrogen-bond donors (Lipinski definition) is 2. The second-order valence-electron chi connectivity index (χ2n) is 9.62. The van der Waals surface area contributed by atoms with Gasteiger partial charge >= 0.3 is 11.9 Å². The molecule has 0 spiro atoms. The lowest BCUT2D eigenvalue weighted by Crippen LogP contribution is -2.44. The molecule has 2 N–H and O–H groups in total. The summed E-state index contributed by atoms with van der Waals surface area (Å²) in [5.74, 6) is -2.38. The Labute approximate surface area is 239 Å². The van der Waals surface area contributed by atoms with Gasteiger partial charge in [-0.05, 0) is 34.9 Å². The molecule has 4 rings (SSSR count). The van der Waals surface area contributed by atoms with E-state index in [1.54, 1.807) is 12.1 Å². The summed E-state index contributed by atoms with van der Waals surface area (Å²) in [4.78, 5) is 52.0. The number of carbonyl (C=O) groups excluding carboxylic acids is 4. The van der Waals surface area contributed by atoms with E-state index < -0.39 is 35.8 Å². The number of amides is 2. The number of methoxy groups -OCH3 is 2. The zero-order valence-corrected chi connectivity index (χ0v) is 22.9. The van der Waals surface area contributed by atoms with E-state index in [0.717, 1.165) is 11.1 Å². The monoisotopic (exact) mass is 552 g/mol. The molecule has 0 heterocycles. The minimum absolute atomic E-state index is 0.143. The van der Waals surface area contributed by atoms with Crippen LogP contribution in [0.3, 0.4) is 0 Å². The van der Waals surface area contributed by atoms with Crippen LogP contribution in [0.15, 0.2) is 103 Å². The number of rotatable bonds is 11. The lowest BCUT2D eigenvalue weighted by atomic mass is 9.95. The summed E-state index contributed by atoms with van der Waals surface area (Å²) in [5.41, 5.74) is 2.81. The van der Waals surface area contributed by atoms with Gasteiger partial charge in [-0.2, -0.15) is 0 Å². The van der Waals surface area contributed by atoms with Gasteiger partial charge in [-0.1, -0.05) is 85.0 Å². The number of esters is 2. The maximum atomic E-state index is 13.5. The fourth-order valence-corrected chi connectivity index (χ4v) is 4.61. The average molecular weight is 553 g/mol. The molecule has 0 saturated heterocycles. The van der Waals surface area contributed by atoms with E-state index in [-0.39, 0.29) is 29.9 Å². The smallest absolute Gasteiger partial charge is 0.328 e. The molecule has 0 fully saturated rings. The Balaban J connectivity index is 1.61. The number of benzene rings is 3. The van der Waals surface area contributed by atoms with E-state index in [0.29, 0.717) is 5.56 Å². The lowest BCUT2D eigenvalue weighted by Gasteiger charge is -2.19. The molecular formula is C33H32N2O6. The molecule has 0 unspecified atom stereocenters. The van der Waals surface area contributed by atoms with Crippen molar-refractivity contribution in [1.29, 1.82) is 0 Å². The van der Waals surface area contributed by atoms with Crippen molar-refractivity contribution < 1.29 is 28.7 Å². The molecule has 8 nitrogen and oxygen atoms in total. The third-order valence-corrected chi connectivity index (χ3v) is 6.76. The summed E-state index contributed by atoms with van der Waals surface area (Å²) in [6.07, 6.45) is 8.13. The number of hydrogen-bond acceptors (Lipinski definition) is 6. The summed E-state index contributed by atoms with van der Waals surface area (Å²) in [6.45, 7) is 0. The fourth-order valence-electron chi connectivity index (χ4n) is 4.61. The number of ether oxygens (including phenoxy) is 2. The highest BCUT2D eigenvalue weighted by molar-refractivity contribution is 6.02. The van der Waals surface area contributed by atoms with Gasteiger partial charge in [0.1, 0.15) is 12.1 Å². The Morgan fingerprint density at radius 2 is 1.07 bits per heavy atom. The first-order valence-electron chi connectivity index (χ1n) is 13.2. The first-order valence-corrected chi connectivity index (χ1v) is 13.2. The molecule has 0 aliphatic heterocycles. The predicted octanol–water partition coefficient (Wildman–Crippen LogP) is 3.92. The summed E-state index contributed by atoms with van der Waals surface area (Å²) < 4.78 is 9.87. The van der Waals surface area contributed by atoms with E-state index in [1.807, 2.05) is 85.0 Å². The molecule has 210 valence electrons. The standard InChI is InChI=1S/C33H32N2O6/c1-40-32(38)28(17-22-11-5-3-6-12-22)34-30(36)26-19-25(24-15-9-10-16-24)20-27(21-26)31(37)35-29(33(39)41-2)18-23-13-7-4-8-14-23/h3-16,19-21,24,28-29H,17-18H2,1-2H3,(H,34,36)(H,35,37)/t28-,29-/m0/s1. The van der Waals surface area contributed by atoms with Crippen molar-refractivity contribution in [2.75, 3.05) is 14.2 Å². The van der Waals surface area contributed by atoms with E-state index in [2.05, 4.69) is 10.6 Å². The lowest BCUT2D eigenvalue weighted by molar-refractivity contribution is -0.143. The maximum Gasteiger partial charge on any atom is 0.328 e. The molecule has 2 atom stereocenters. The number of carbonyl (C=O) groups is 4. The Bertz CT molecular complexity index is 1340. The van der Waals surface area contributed by atoms with Gasteiger partial charge in [0.05, 0.1) is 14.2 Å². The minimum Gasteiger partial charge on any atom is -0.467 e. The zero-order chi connectivity index (χ0) is 29.2. The van der Waals surface area contributed by atoms with Crippen LogP contribution in [0.1, 0.15) is 43.3 Å². The highest BCUT2D eigenvalue weighted by atomic mass is 16.5. The minimum atomic E-state index is -0.934. The summed E-state index contributed by atoms with van der Waals surface area (Å²) in [5, 5.41) is 5.52. The van der Waals surface area contributed by atoms with Gasteiger partial charge in [0, 0.05) is 29.9 Å². The van der Waals surface area contributed by atoms with Crippen LogP contribution in [0.5, 0.6) is 0 Å². The first-order chi connectivity index (χ1) is 19.9. The molecule has 1 aliphatic rings. The van der Waals surface area contributed by atoms with Crippen LogP contribution in [0.25, 0.3) is 0 Å². The van der Waals surface area contributed by atoms with Gasteiger partial charge < -0.3 is 20.1 Å². The maximum absolute atomic E-state index is 13.5. The van der Waals surface area contributed by atoms with Crippen molar-refractivity contribution in [1.82, 2.24) is 10.6 Å². The molecule has 0 bridgehead atoms. The quantitative estimate of drug-likeness (QED) is 0.349. The van der Waals surface area contributed by atoms with E-state index in [4.69, 9.17) is 9.47 Å². The zero-order valence-electron chi connectivity index (χ0n) is 22.9. The number of allylic oxidation sites excluding steroid dienone is 4. The third-order valence-electron chi connectivity index (χ3n) is 6.76.